The molecule has 0 spiro atoms. The van der Waals surface area contributed by atoms with E-state index >= 15 is 0 Å². The molecule has 1 heterocycles. The van der Waals surface area contributed by atoms with E-state index in [1.807, 2.05) is 6.92 Å². The third-order valence-corrected chi connectivity index (χ3v) is 2.34. The van der Waals surface area contributed by atoms with Crippen molar-refractivity contribution in [3.8, 4) is 0 Å². The summed E-state index contributed by atoms with van der Waals surface area (Å²) in [7, 11) is 0. The summed E-state index contributed by atoms with van der Waals surface area (Å²) >= 11 is 5.93. The molecule has 0 saturated carbocycles. The van der Waals surface area contributed by atoms with Gasteiger partial charge in [-0.2, -0.15) is 0 Å². The molecule has 0 unspecified atom stereocenters. The minimum Gasteiger partial charge on any atom is -0.392 e. The van der Waals surface area contributed by atoms with Crippen molar-refractivity contribution in [1.82, 2.24) is 14.5 Å². The van der Waals surface area contributed by atoms with Crippen LogP contribution in [0, 0.1) is 0 Å². The fourth-order valence-electron chi connectivity index (χ4n) is 1.13. The molecule has 1 rings (SSSR count). The Hall–Kier alpha value is -1.08. The summed E-state index contributed by atoms with van der Waals surface area (Å²) in [6.45, 7) is 2.90. The first-order valence-electron chi connectivity index (χ1n) is 4.49. The van der Waals surface area contributed by atoms with Gasteiger partial charge in [0.15, 0.2) is 5.69 Å². The summed E-state index contributed by atoms with van der Waals surface area (Å²) in [5.74, 6) is -0.168. The Morgan fingerprint density at radius 2 is 2.47 bits per heavy atom. The largest absolute Gasteiger partial charge is 0.392 e. The minimum absolute atomic E-state index is 0.168. The monoisotopic (exact) mass is 244 g/mol. The van der Waals surface area contributed by atoms with Gasteiger partial charge in [0.1, 0.15) is 0 Å². The van der Waals surface area contributed by atoms with E-state index in [-0.39, 0.29) is 5.91 Å². The maximum absolute atomic E-state index is 11.8. The van der Waals surface area contributed by atoms with Gasteiger partial charge >= 0.3 is 0 Å². The summed E-state index contributed by atoms with van der Waals surface area (Å²) in [5, 5.41) is 5.34. The molecule has 1 amide bonds. The molecule has 82 valence electrons. The maximum atomic E-state index is 11.8. The number of hydrogen-bond donors (Lipinski definition) is 1. The number of carbonyl (C=O) groups excluding carboxylic acids is 1. The van der Waals surface area contributed by atoms with Crippen molar-refractivity contribution >= 4 is 34.6 Å². The van der Waals surface area contributed by atoms with E-state index in [4.69, 9.17) is 18.0 Å². The normalized spacial score (nSPS) is 9.93. The molecule has 0 aliphatic heterocycles. The number of hydrogen-bond acceptors (Lipinski definition) is 5. The highest BCUT2D eigenvalue weighted by atomic mass is 32.1. The second-order valence-electron chi connectivity index (χ2n) is 2.98. The topological polar surface area (TPSA) is 72.1 Å². The lowest BCUT2D eigenvalue weighted by molar-refractivity contribution is 0.0774. The summed E-state index contributed by atoms with van der Waals surface area (Å²) in [6.07, 6.45) is 0.853. The lowest BCUT2D eigenvalue weighted by Gasteiger charge is -2.19. The van der Waals surface area contributed by atoms with E-state index in [9.17, 15) is 4.79 Å². The van der Waals surface area contributed by atoms with Crippen LogP contribution in [0.2, 0.25) is 0 Å². The van der Waals surface area contributed by atoms with Gasteiger partial charge in [-0.05, 0) is 18.0 Å². The van der Waals surface area contributed by atoms with Crippen molar-refractivity contribution in [2.45, 2.75) is 13.3 Å². The zero-order valence-electron chi connectivity index (χ0n) is 8.34. The summed E-state index contributed by atoms with van der Waals surface area (Å²) < 4.78 is 3.64. The molecule has 0 aromatic carbocycles. The minimum atomic E-state index is -0.168. The first-order chi connectivity index (χ1) is 7.15. The molecular formula is C8H12N4OS2. The van der Waals surface area contributed by atoms with Crippen LogP contribution < -0.4 is 5.73 Å². The van der Waals surface area contributed by atoms with Crippen LogP contribution in [-0.4, -0.2) is 38.5 Å². The number of thiocarbonyl (C=S) groups is 1. The zero-order chi connectivity index (χ0) is 11.3. The van der Waals surface area contributed by atoms with Gasteiger partial charge in [-0.25, -0.2) is 0 Å². The molecule has 15 heavy (non-hydrogen) atoms. The Labute approximate surface area is 97.4 Å². The van der Waals surface area contributed by atoms with Gasteiger partial charge < -0.3 is 10.6 Å². The lowest BCUT2D eigenvalue weighted by Crippen LogP contribution is -2.38. The first-order valence-corrected chi connectivity index (χ1v) is 5.74. The Kier molecular flexibility index (Phi) is 4.57. The van der Waals surface area contributed by atoms with Gasteiger partial charge in [0, 0.05) is 11.9 Å². The van der Waals surface area contributed by atoms with Crippen LogP contribution in [-0.2, 0) is 0 Å². The smallest absolute Gasteiger partial charge is 0.275 e. The molecule has 0 aliphatic rings. The first kappa shape index (κ1) is 12.0. The van der Waals surface area contributed by atoms with Crippen LogP contribution in [0.25, 0.3) is 0 Å². The quantitative estimate of drug-likeness (QED) is 0.771. The molecule has 5 nitrogen and oxygen atoms in total. The third-order valence-electron chi connectivity index (χ3n) is 1.71. The molecule has 1 aromatic rings. The van der Waals surface area contributed by atoms with Crippen molar-refractivity contribution in [2.24, 2.45) is 5.73 Å². The summed E-state index contributed by atoms with van der Waals surface area (Å²) in [4.78, 5) is 13.7. The second-order valence-corrected chi connectivity index (χ2v) is 4.12. The number of rotatable bonds is 5. The van der Waals surface area contributed by atoms with Gasteiger partial charge in [0.2, 0.25) is 0 Å². The van der Waals surface area contributed by atoms with Gasteiger partial charge in [-0.15, -0.1) is 5.10 Å². The molecule has 0 fully saturated rings. The standard InChI is InChI=1S/C8H12N4OS2/c1-2-3-12(4-7(9)14)8(13)6-5-15-11-10-6/h5H,2-4H2,1H3,(H2,9,14). The molecule has 2 N–H and O–H groups in total. The van der Waals surface area contributed by atoms with E-state index in [0.717, 1.165) is 18.0 Å². The van der Waals surface area contributed by atoms with Crippen LogP contribution in [0.5, 0.6) is 0 Å². The van der Waals surface area contributed by atoms with E-state index in [0.29, 0.717) is 23.8 Å². The highest BCUT2D eigenvalue weighted by molar-refractivity contribution is 7.80. The van der Waals surface area contributed by atoms with E-state index in [2.05, 4.69) is 9.59 Å². The molecule has 0 bridgehead atoms. The maximum Gasteiger partial charge on any atom is 0.275 e. The van der Waals surface area contributed by atoms with Gasteiger partial charge in [-0.3, -0.25) is 4.79 Å². The third kappa shape index (κ3) is 3.52. The molecule has 0 saturated heterocycles. The number of aromatic nitrogens is 2. The lowest BCUT2D eigenvalue weighted by atomic mass is 10.3. The fourth-order valence-corrected chi connectivity index (χ4v) is 1.72. The highest BCUT2D eigenvalue weighted by Gasteiger charge is 2.17. The number of amides is 1. The van der Waals surface area contributed by atoms with E-state index in [1.165, 1.54) is 0 Å². The van der Waals surface area contributed by atoms with Gasteiger partial charge in [0.05, 0.1) is 11.5 Å². The predicted octanol–water partition coefficient (Wildman–Crippen LogP) is 0.676. The molecular weight excluding hydrogens is 232 g/mol. The van der Waals surface area contributed by atoms with Crippen molar-refractivity contribution in [2.75, 3.05) is 13.1 Å². The SMILES string of the molecule is CCCN(CC(N)=S)C(=O)c1csnn1. The van der Waals surface area contributed by atoms with Gasteiger partial charge in [0.25, 0.3) is 5.91 Å². The second kappa shape index (κ2) is 5.72. The Morgan fingerprint density at radius 3 is 2.93 bits per heavy atom. The number of nitrogens with zero attached hydrogens (tertiary/aromatic N) is 3. The number of carbonyl (C=O) groups is 1. The molecule has 0 radical (unpaired) electrons. The van der Waals surface area contributed by atoms with Gasteiger partial charge in [-0.1, -0.05) is 23.6 Å². The molecule has 0 atom stereocenters. The Bertz CT molecular complexity index is 338. The highest BCUT2D eigenvalue weighted by Crippen LogP contribution is 2.04. The van der Waals surface area contributed by atoms with Crippen LogP contribution in [0.1, 0.15) is 23.8 Å². The molecule has 7 heteroatoms. The molecule has 1 aromatic heterocycles. The molecule has 0 aliphatic carbocycles. The summed E-state index contributed by atoms with van der Waals surface area (Å²) in [6, 6.07) is 0. The predicted molar refractivity (Wildman–Crippen MR) is 62.9 cm³/mol. The Balaban J connectivity index is 2.71. The van der Waals surface area contributed by atoms with Crippen molar-refractivity contribution < 1.29 is 4.79 Å². The average Bonchev–Trinajstić information content (AvgIpc) is 2.68. The van der Waals surface area contributed by atoms with Crippen LogP contribution >= 0.6 is 23.8 Å². The van der Waals surface area contributed by atoms with Crippen LogP contribution in [0.3, 0.4) is 0 Å². The average molecular weight is 244 g/mol. The van der Waals surface area contributed by atoms with Crippen molar-refractivity contribution in [3.05, 3.63) is 11.1 Å². The number of nitrogens with two attached hydrogens (primary N) is 1. The van der Waals surface area contributed by atoms with Crippen LogP contribution in [0.15, 0.2) is 5.38 Å². The van der Waals surface area contributed by atoms with Crippen molar-refractivity contribution in [3.63, 3.8) is 0 Å². The zero-order valence-corrected chi connectivity index (χ0v) is 9.98. The van der Waals surface area contributed by atoms with Crippen LogP contribution in [0.4, 0.5) is 0 Å². The van der Waals surface area contributed by atoms with E-state index in [1.54, 1.807) is 10.3 Å². The summed E-state index contributed by atoms with van der Waals surface area (Å²) in [5.41, 5.74) is 5.77. The van der Waals surface area contributed by atoms with Crippen molar-refractivity contribution in [1.29, 1.82) is 0 Å². The Morgan fingerprint density at radius 1 is 1.73 bits per heavy atom. The van der Waals surface area contributed by atoms with E-state index < -0.39 is 0 Å². The fraction of sp³-hybridized carbons (Fsp3) is 0.500.